The Morgan fingerprint density at radius 2 is 1.95 bits per heavy atom. The molecular weight excluding hydrogens is 260 g/mol. The van der Waals surface area contributed by atoms with Gasteiger partial charge in [0.1, 0.15) is 5.75 Å². The number of nitrogens with one attached hydrogen (secondary N) is 1. The normalized spacial score (nSPS) is 12.0. The Hall–Kier alpha value is -2.00. The molecule has 2 rings (SSSR count). The predicted octanol–water partition coefficient (Wildman–Crippen LogP) is 3.90. The third kappa shape index (κ3) is 4.23. The van der Waals surface area contributed by atoms with Crippen LogP contribution in [-0.2, 0) is 0 Å². The van der Waals surface area contributed by atoms with Crippen molar-refractivity contribution in [3.63, 3.8) is 0 Å². The van der Waals surface area contributed by atoms with Crippen LogP contribution in [0.4, 0.5) is 5.69 Å². The summed E-state index contributed by atoms with van der Waals surface area (Å²) in [5, 5.41) is 3.52. The highest BCUT2D eigenvalue weighted by molar-refractivity contribution is 5.52. The van der Waals surface area contributed by atoms with E-state index in [9.17, 15) is 0 Å². The van der Waals surface area contributed by atoms with E-state index in [1.54, 1.807) is 0 Å². The van der Waals surface area contributed by atoms with Crippen LogP contribution in [-0.4, -0.2) is 13.2 Å². The summed E-state index contributed by atoms with van der Waals surface area (Å²) in [6, 6.07) is 16.5. The van der Waals surface area contributed by atoms with Gasteiger partial charge in [-0.2, -0.15) is 0 Å². The fraction of sp³-hybridized carbons (Fsp3) is 0.333. The lowest BCUT2D eigenvalue weighted by atomic mass is 10.1. The number of hydrogen-bond donors (Lipinski definition) is 2. The number of anilines is 1. The van der Waals surface area contributed by atoms with E-state index < -0.39 is 0 Å². The van der Waals surface area contributed by atoms with Crippen molar-refractivity contribution in [2.24, 2.45) is 5.73 Å². The van der Waals surface area contributed by atoms with E-state index >= 15 is 0 Å². The van der Waals surface area contributed by atoms with Gasteiger partial charge in [-0.15, -0.1) is 0 Å². The van der Waals surface area contributed by atoms with Crippen LogP contribution < -0.4 is 15.8 Å². The average molecular weight is 284 g/mol. The topological polar surface area (TPSA) is 47.3 Å². The number of ether oxygens (including phenoxy) is 1. The third-order valence-corrected chi connectivity index (χ3v) is 3.44. The fourth-order valence-corrected chi connectivity index (χ4v) is 2.24. The Kier molecular flexibility index (Phi) is 5.64. The Labute approximate surface area is 127 Å². The lowest BCUT2D eigenvalue weighted by Gasteiger charge is -2.20. The molecule has 3 nitrogen and oxygen atoms in total. The molecule has 0 aliphatic rings. The van der Waals surface area contributed by atoms with Gasteiger partial charge in [-0.3, -0.25) is 0 Å². The standard InChI is InChI=1S/C18H24N2O/c1-3-11-21-16-9-6-8-15(12-16)18(13-19)20-17-10-5-4-7-14(17)2/h4-10,12,18,20H,3,11,13,19H2,1-2H3. The molecule has 0 spiro atoms. The zero-order valence-corrected chi connectivity index (χ0v) is 12.8. The van der Waals surface area contributed by atoms with Crippen LogP contribution in [0.15, 0.2) is 48.5 Å². The second-order valence-corrected chi connectivity index (χ2v) is 5.17. The first kappa shape index (κ1) is 15.4. The first-order valence-corrected chi connectivity index (χ1v) is 7.49. The van der Waals surface area contributed by atoms with Crippen molar-refractivity contribution in [1.82, 2.24) is 0 Å². The Morgan fingerprint density at radius 1 is 1.14 bits per heavy atom. The second-order valence-electron chi connectivity index (χ2n) is 5.17. The van der Waals surface area contributed by atoms with E-state index in [4.69, 9.17) is 10.5 Å². The number of para-hydroxylation sites is 1. The summed E-state index contributed by atoms with van der Waals surface area (Å²) in [6.07, 6.45) is 1.01. The predicted molar refractivity (Wildman–Crippen MR) is 88.8 cm³/mol. The summed E-state index contributed by atoms with van der Waals surface area (Å²) < 4.78 is 5.70. The number of aryl methyl sites for hydroxylation is 1. The van der Waals surface area contributed by atoms with Crippen LogP contribution in [0.1, 0.15) is 30.5 Å². The maximum Gasteiger partial charge on any atom is 0.119 e. The molecule has 1 unspecified atom stereocenters. The van der Waals surface area contributed by atoms with Gasteiger partial charge in [-0.05, 0) is 42.7 Å². The minimum Gasteiger partial charge on any atom is -0.494 e. The van der Waals surface area contributed by atoms with Gasteiger partial charge in [0.05, 0.1) is 12.6 Å². The van der Waals surface area contributed by atoms with E-state index in [0.717, 1.165) is 30.0 Å². The monoisotopic (exact) mass is 284 g/mol. The zero-order chi connectivity index (χ0) is 15.1. The largest absolute Gasteiger partial charge is 0.494 e. The minimum atomic E-state index is 0.0799. The maximum absolute atomic E-state index is 5.95. The molecular formula is C18H24N2O. The van der Waals surface area contributed by atoms with Gasteiger partial charge in [0.15, 0.2) is 0 Å². The molecule has 0 saturated heterocycles. The molecule has 0 fully saturated rings. The molecule has 0 heterocycles. The van der Waals surface area contributed by atoms with E-state index in [1.807, 2.05) is 24.3 Å². The van der Waals surface area contributed by atoms with Crippen molar-refractivity contribution in [2.45, 2.75) is 26.3 Å². The zero-order valence-electron chi connectivity index (χ0n) is 12.8. The SMILES string of the molecule is CCCOc1cccc(C(CN)Nc2ccccc2C)c1. The van der Waals surface area contributed by atoms with Gasteiger partial charge in [0, 0.05) is 12.2 Å². The molecule has 0 aromatic heterocycles. The fourth-order valence-electron chi connectivity index (χ4n) is 2.24. The maximum atomic E-state index is 5.95. The molecule has 0 amide bonds. The van der Waals surface area contributed by atoms with Gasteiger partial charge < -0.3 is 15.8 Å². The highest BCUT2D eigenvalue weighted by atomic mass is 16.5. The van der Waals surface area contributed by atoms with Crippen LogP contribution in [0.2, 0.25) is 0 Å². The summed E-state index contributed by atoms with van der Waals surface area (Å²) in [4.78, 5) is 0. The van der Waals surface area contributed by atoms with Crippen molar-refractivity contribution in [3.8, 4) is 5.75 Å². The van der Waals surface area contributed by atoms with E-state index in [1.165, 1.54) is 5.56 Å². The third-order valence-electron chi connectivity index (χ3n) is 3.44. The molecule has 2 aromatic carbocycles. The van der Waals surface area contributed by atoms with Crippen molar-refractivity contribution < 1.29 is 4.74 Å². The molecule has 0 saturated carbocycles. The highest BCUT2D eigenvalue weighted by Gasteiger charge is 2.11. The van der Waals surface area contributed by atoms with Crippen LogP contribution in [0, 0.1) is 6.92 Å². The van der Waals surface area contributed by atoms with Gasteiger partial charge in [-0.1, -0.05) is 37.3 Å². The van der Waals surface area contributed by atoms with Gasteiger partial charge in [-0.25, -0.2) is 0 Å². The molecule has 112 valence electrons. The van der Waals surface area contributed by atoms with Crippen LogP contribution in [0.5, 0.6) is 5.75 Å². The molecule has 3 N–H and O–H groups in total. The van der Waals surface area contributed by atoms with Crippen molar-refractivity contribution in [2.75, 3.05) is 18.5 Å². The highest BCUT2D eigenvalue weighted by Crippen LogP contribution is 2.24. The number of hydrogen-bond acceptors (Lipinski definition) is 3. The van der Waals surface area contributed by atoms with Crippen LogP contribution >= 0.6 is 0 Å². The molecule has 0 radical (unpaired) electrons. The number of nitrogens with two attached hydrogens (primary N) is 1. The summed E-state index contributed by atoms with van der Waals surface area (Å²) in [6.45, 7) is 5.47. The van der Waals surface area contributed by atoms with Crippen molar-refractivity contribution in [1.29, 1.82) is 0 Å². The van der Waals surface area contributed by atoms with E-state index in [2.05, 4.69) is 43.4 Å². The quantitative estimate of drug-likeness (QED) is 0.810. The van der Waals surface area contributed by atoms with Gasteiger partial charge in [0.25, 0.3) is 0 Å². The first-order valence-electron chi connectivity index (χ1n) is 7.49. The van der Waals surface area contributed by atoms with Crippen LogP contribution in [0.3, 0.4) is 0 Å². The van der Waals surface area contributed by atoms with Gasteiger partial charge >= 0.3 is 0 Å². The Bertz CT molecular complexity index is 569. The lowest BCUT2D eigenvalue weighted by molar-refractivity contribution is 0.317. The Morgan fingerprint density at radius 3 is 2.67 bits per heavy atom. The van der Waals surface area contributed by atoms with Gasteiger partial charge in [0.2, 0.25) is 0 Å². The molecule has 1 atom stereocenters. The average Bonchev–Trinajstić information content (AvgIpc) is 2.52. The summed E-state index contributed by atoms with van der Waals surface area (Å²) in [7, 11) is 0. The number of benzene rings is 2. The van der Waals surface area contributed by atoms with Crippen molar-refractivity contribution >= 4 is 5.69 Å². The Balaban J connectivity index is 2.15. The first-order chi connectivity index (χ1) is 10.2. The summed E-state index contributed by atoms with van der Waals surface area (Å²) in [5.74, 6) is 0.902. The molecule has 3 heteroatoms. The molecule has 0 bridgehead atoms. The van der Waals surface area contributed by atoms with E-state index in [0.29, 0.717) is 6.54 Å². The molecule has 0 aliphatic heterocycles. The minimum absolute atomic E-state index is 0.0799. The van der Waals surface area contributed by atoms with Crippen LogP contribution in [0.25, 0.3) is 0 Å². The van der Waals surface area contributed by atoms with E-state index in [-0.39, 0.29) is 6.04 Å². The number of rotatable bonds is 7. The summed E-state index contributed by atoms with van der Waals surface area (Å²) >= 11 is 0. The van der Waals surface area contributed by atoms with Crippen molar-refractivity contribution in [3.05, 3.63) is 59.7 Å². The molecule has 0 aliphatic carbocycles. The molecule has 21 heavy (non-hydrogen) atoms. The lowest BCUT2D eigenvalue weighted by Crippen LogP contribution is -2.21. The smallest absolute Gasteiger partial charge is 0.119 e. The molecule has 2 aromatic rings. The second kappa shape index (κ2) is 7.70. The summed E-state index contributed by atoms with van der Waals surface area (Å²) in [5.41, 5.74) is 9.43.